The molecule has 1 saturated heterocycles. The molecular weight excluding hydrogens is 246 g/mol. The second-order valence-corrected chi connectivity index (χ2v) is 7.14. The SMILES string of the molecule is CC(C)[N+]1(C(C)C)CC[C@](O)(c2ccccc2)[C@@H](C)C1. The van der Waals surface area contributed by atoms with Crippen LogP contribution in [0, 0.1) is 5.92 Å². The summed E-state index contributed by atoms with van der Waals surface area (Å²) >= 11 is 0. The molecule has 1 aromatic carbocycles. The molecule has 0 saturated carbocycles. The van der Waals surface area contributed by atoms with E-state index in [1.807, 2.05) is 18.2 Å². The van der Waals surface area contributed by atoms with Gasteiger partial charge in [-0.3, -0.25) is 0 Å². The van der Waals surface area contributed by atoms with Gasteiger partial charge < -0.3 is 9.59 Å². The molecule has 1 aromatic rings. The second kappa shape index (κ2) is 5.50. The number of aliphatic hydroxyl groups is 1. The fourth-order valence-corrected chi connectivity index (χ4v) is 4.07. The van der Waals surface area contributed by atoms with Gasteiger partial charge >= 0.3 is 0 Å². The zero-order valence-electron chi connectivity index (χ0n) is 13.6. The van der Waals surface area contributed by atoms with Gasteiger partial charge in [-0.05, 0) is 33.3 Å². The van der Waals surface area contributed by atoms with Crippen molar-refractivity contribution in [2.24, 2.45) is 5.92 Å². The van der Waals surface area contributed by atoms with E-state index in [1.54, 1.807) is 0 Å². The van der Waals surface area contributed by atoms with Crippen LogP contribution < -0.4 is 0 Å². The van der Waals surface area contributed by atoms with Crippen molar-refractivity contribution in [3.63, 3.8) is 0 Å². The van der Waals surface area contributed by atoms with Crippen LogP contribution in [-0.2, 0) is 5.60 Å². The Kier molecular flexibility index (Phi) is 4.27. The first-order valence-electron chi connectivity index (χ1n) is 7.97. The Morgan fingerprint density at radius 3 is 2.10 bits per heavy atom. The van der Waals surface area contributed by atoms with E-state index in [-0.39, 0.29) is 5.92 Å². The molecule has 0 bridgehead atoms. The predicted molar refractivity (Wildman–Crippen MR) is 84.4 cm³/mol. The first-order chi connectivity index (χ1) is 9.33. The minimum absolute atomic E-state index is 0.281. The largest absolute Gasteiger partial charge is 0.384 e. The predicted octanol–water partition coefficient (Wildman–Crippen LogP) is 3.55. The van der Waals surface area contributed by atoms with E-state index < -0.39 is 5.60 Å². The second-order valence-electron chi connectivity index (χ2n) is 7.14. The fourth-order valence-electron chi connectivity index (χ4n) is 4.07. The highest BCUT2D eigenvalue weighted by atomic mass is 16.3. The molecule has 2 nitrogen and oxygen atoms in total. The van der Waals surface area contributed by atoms with Crippen LogP contribution in [0.5, 0.6) is 0 Å². The van der Waals surface area contributed by atoms with Gasteiger partial charge in [0.15, 0.2) is 0 Å². The topological polar surface area (TPSA) is 20.2 Å². The molecule has 2 atom stereocenters. The zero-order chi connectivity index (χ0) is 15.0. The molecular formula is C18H30NO+. The summed E-state index contributed by atoms with van der Waals surface area (Å²) in [6.07, 6.45) is 0.856. The van der Waals surface area contributed by atoms with E-state index in [2.05, 4.69) is 46.8 Å². The Balaban J connectivity index is 2.29. The standard InChI is InChI=1S/C18H30NO/c1-14(2)19(15(3)4)12-11-18(20,16(5)13-19)17-9-7-6-8-10-17/h6-10,14-16,20H,11-13H2,1-5H3/q+1/t16-,18+/m0/s1. The highest BCUT2D eigenvalue weighted by molar-refractivity contribution is 5.23. The molecule has 112 valence electrons. The van der Waals surface area contributed by atoms with Gasteiger partial charge in [-0.25, -0.2) is 0 Å². The van der Waals surface area contributed by atoms with Crippen LogP contribution in [0.1, 0.15) is 46.6 Å². The van der Waals surface area contributed by atoms with Gasteiger partial charge in [0.1, 0.15) is 5.60 Å². The third-order valence-electron chi connectivity index (χ3n) is 5.67. The van der Waals surface area contributed by atoms with Gasteiger partial charge in [-0.15, -0.1) is 0 Å². The molecule has 0 aromatic heterocycles. The molecule has 2 rings (SSSR count). The van der Waals surface area contributed by atoms with Crippen molar-refractivity contribution in [3.8, 4) is 0 Å². The van der Waals surface area contributed by atoms with Gasteiger partial charge in [0.25, 0.3) is 0 Å². The van der Waals surface area contributed by atoms with Crippen LogP contribution in [-0.4, -0.2) is 34.8 Å². The fraction of sp³-hybridized carbons (Fsp3) is 0.667. The minimum Gasteiger partial charge on any atom is -0.384 e. The summed E-state index contributed by atoms with van der Waals surface area (Å²) in [7, 11) is 0. The van der Waals surface area contributed by atoms with Crippen LogP contribution in [0.4, 0.5) is 0 Å². The van der Waals surface area contributed by atoms with E-state index in [0.29, 0.717) is 12.1 Å². The third-order valence-corrected chi connectivity index (χ3v) is 5.67. The molecule has 20 heavy (non-hydrogen) atoms. The van der Waals surface area contributed by atoms with Gasteiger partial charge in [0.2, 0.25) is 0 Å². The lowest BCUT2D eigenvalue weighted by Crippen LogP contribution is -2.66. The number of benzene rings is 1. The molecule has 1 heterocycles. The highest BCUT2D eigenvalue weighted by Crippen LogP contribution is 2.41. The Morgan fingerprint density at radius 1 is 1.10 bits per heavy atom. The van der Waals surface area contributed by atoms with E-state index in [4.69, 9.17) is 0 Å². The van der Waals surface area contributed by atoms with E-state index in [0.717, 1.165) is 29.6 Å². The van der Waals surface area contributed by atoms with Crippen LogP contribution in [0.2, 0.25) is 0 Å². The van der Waals surface area contributed by atoms with Crippen molar-refractivity contribution in [2.75, 3.05) is 13.1 Å². The zero-order valence-corrected chi connectivity index (χ0v) is 13.6. The van der Waals surface area contributed by atoms with Crippen molar-refractivity contribution in [2.45, 2.75) is 58.7 Å². The number of hydrogen-bond acceptors (Lipinski definition) is 1. The molecule has 1 N–H and O–H groups in total. The molecule has 0 amide bonds. The van der Waals surface area contributed by atoms with Crippen LogP contribution >= 0.6 is 0 Å². The lowest BCUT2D eigenvalue weighted by Gasteiger charge is -2.54. The van der Waals surface area contributed by atoms with Crippen LogP contribution in [0.25, 0.3) is 0 Å². The van der Waals surface area contributed by atoms with Crippen LogP contribution in [0.3, 0.4) is 0 Å². The Morgan fingerprint density at radius 2 is 1.65 bits per heavy atom. The number of piperidine rings is 1. The Bertz CT molecular complexity index is 432. The number of hydrogen-bond donors (Lipinski definition) is 1. The maximum Gasteiger partial charge on any atom is 0.103 e. The summed E-state index contributed by atoms with van der Waals surface area (Å²) in [5.74, 6) is 0.281. The average molecular weight is 276 g/mol. The minimum atomic E-state index is -0.660. The lowest BCUT2D eigenvalue weighted by atomic mass is 9.75. The Hall–Kier alpha value is -0.860. The summed E-state index contributed by atoms with van der Waals surface area (Å²) in [6.45, 7) is 13.6. The lowest BCUT2D eigenvalue weighted by molar-refractivity contribution is -0.976. The summed E-state index contributed by atoms with van der Waals surface area (Å²) in [5, 5.41) is 11.2. The number of nitrogens with zero attached hydrogens (tertiary/aromatic N) is 1. The summed E-state index contributed by atoms with van der Waals surface area (Å²) in [4.78, 5) is 0. The van der Waals surface area contributed by atoms with E-state index in [9.17, 15) is 5.11 Å². The quantitative estimate of drug-likeness (QED) is 0.837. The van der Waals surface area contributed by atoms with Crippen LogP contribution in [0.15, 0.2) is 30.3 Å². The van der Waals surface area contributed by atoms with Crippen molar-refractivity contribution in [1.29, 1.82) is 0 Å². The molecule has 1 fully saturated rings. The molecule has 0 aliphatic carbocycles. The number of quaternary nitrogens is 1. The highest BCUT2D eigenvalue weighted by Gasteiger charge is 2.49. The van der Waals surface area contributed by atoms with E-state index in [1.165, 1.54) is 0 Å². The van der Waals surface area contributed by atoms with Crippen molar-refractivity contribution in [3.05, 3.63) is 35.9 Å². The van der Waals surface area contributed by atoms with Crippen molar-refractivity contribution in [1.82, 2.24) is 0 Å². The average Bonchev–Trinajstić information content (AvgIpc) is 2.42. The third kappa shape index (κ3) is 2.40. The molecule has 2 heteroatoms. The first kappa shape index (κ1) is 15.5. The van der Waals surface area contributed by atoms with E-state index >= 15 is 0 Å². The normalized spacial score (nSPS) is 29.9. The molecule has 1 aliphatic rings. The monoisotopic (exact) mass is 276 g/mol. The number of likely N-dealkylation sites (tertiary alicyclic amines) is 1. The first-order valence-corrected chi connectivity index (χ1v) is 7.97. The Labute approximate surface area is 124 Å². The smallest absolute Gasteiger partial charge is 0.103 e. The summed E-state index contributed by atoms with van der Waals surface area (Å²) in [6, 6.07) is 11.4. The molecule has 0 spiro atoms. The molecule has 1 aliphatic heterocycles. The van der Waals surface area contributed by atoms with Crippen molar-refractivity contribution >= 4 is 0 Å². The maximum absolute atomic E-state index is 11.2. The number of rotatable bonds is 3. The summed E-state index contributed by atoms with van der Waals surface area (Å²) < 4.78 is 1.12. The molecule has 0 unspecified atom stereocenters. The summed E-state index contributed by atoms with van der Waals surface area (Å²) in [5.41, 5.74) is 0.421. The molecule has 0 radical (unpaired) electrons. The van der Waals surface area contributed by atoms with Gasteiger partial charge in [-0.2, -0.15) is 0 Å². The van der Waals surface area contributed by atoms with Crippen molar-refractivity contribution < 1.29 is 9.59 Å². The van der Waals surface area contributed by atoms with Gasteiger partial charge in [0, 0.05) is 12.3 Å². The van der Waals surface area contributed by atoms with Gasteiger partial charge in [0.05, 0.1) is 25.2 Å². The van der Waals surface area contributed by atoms with Gasteiger partial charge in [-0.1, -0.05) is 37.3 Å². The maximum atomic E-state index is 11.2.